The van der Waals surface area contributed by atoms with Crippen molar-refractivity contribution in [2.75, 3.05) is 17.3 Å². The van der Waals surface area contributed by atoms with Gasteiger partial charge < -0.3 is 0 Å². The fourth-order valence-corrected chi connectivity index (χ4v) is 3.57. The minimum Gasteiger partial charge on any atom is -0.285 e. The lowest BCUT2D eigenvalue weighted by atomic mass is 10.4. The predicted octanol–water partition coefficient (Wildman–Crippen LogP) is -0.184. The minimum absolute atomic E-state index is 0.00737. The zero-order valence-corrected chi connectivity index (χ0v) is 12.2. The van der Waals surface area contributed by atoms with E-state index in [-0.39, 0.29) is 33.6 Å². The van der Waals surface area contributed by atoms with E-state index in [1.165, 1.54) is 6.20 Å². The van der Waals surface area contributed by atoms with Gasteiger partial charge in [-0.3, -0.25) is 4.98 Å². The third-order valence-electron chi connectivity index (χ3n) is 2.55. The molecule has 0 atom stereocenters. The highest BCUT2D eigenvalue weighted by molar-refractivity contribution is 8.00. The third kappa shape index (κ3) is 3.00. The summed E-state index contributed by atoms with van der Waals surface area (Å²) in [7, 11) is -3.05. The molecule has 0 aromatic carbocycles. The Bertz CT molecular complexity index is 831. The predicted molar refractivity (Wildman–Crippen MR) is 73.4 cm³/mol. The number of hydrogen-bond donors (Lipinski definition) is 1. The highest BCUT2D eigenvalue weighted by Crippen LogP contribution is 2.13. The van der Waals surface area contributed by atoms with Gasteiger partial charge in [-0.15, -0.1) is 0 Å². The van der Waals surface area contributed by atoms with Crippen molar-refractivity contribution in [2.45, 2.75) is 12.1 Å². The van der Waals surface area contributed by atoms with Crippen LogP contribution >= 0.6 is 11.8 Å². The molecule has 2 aromatic rings. The van der Waals surface area contributed by atoms with Crippen LogP contribution in [0.15, 0.2) is 16.1 Å². The average molecular weight is 313 g/mol. The lowest BCUT2D eigenvalue weighted by Gasteiger charge is -2.02. The van der Waals surface area contributed by atoms with E-state index in [1.807, 2.05) is 6.07 Å². The molecule has 1 N–H and O–H groups in total. The number of aromatic amines is 1. The average Bonchev–Trinajstić information content (AvgIpc) is 2.82. The first-order valence-corrected chi connectivity index (χ1v) is 8.49. The quantitative estimate of drug-likeness (QED) is 0.760. The number of thioether (sulfide) groups is 1. The van der Waals surface area contributed by atoms with Gasteiger partial charge in [0.2, 0.25) is 0 Å². The van der Waals surface area contributed by atoms with Crippen molar-refractivity contribution in [3.8, 4) is 6.07 Å². The molecule has 10 heteroatoms. The maximum atomic E-state index is 11.7. The monoisotopic (exact) mass is 313 g/mol. The van der Waals surface area contributed by atoms with Gasteiger partial charge in [-0.05, 0) is 0 Å². The maximum Gasteiger partial charge on any atom is 0.350 e. The van der Waals surface area contributed by atoms with Crippen LogP contribution in [-0.4, -0.2) is 45.3 Å². The SMILES string of the molecule is CCS(=O)(=O)CCSc1nc2c(C#N)cnn2c(=O)[nH]1. The van der Waals surface area contributed by atoms with Crippen molar-refractivity contribution in [2.24, 2.45) is 0 Å². The van der Waals surface area contributed by atoms with E-state index in [1.54, 1.807) is 6.92 Å². The molecule has 8 nitrogen and oxygen atoms in total. The molecule has 0 unspecified atom stereocenters. The van der Waals surface area contributed by atoms with Gasteiger partial charge in [0.15, 0.2) is 20.6 Å². The Morgan fingerprint density at radius 2 is 2.30 bits per heavy atom. The first-order chi connectivity index (χ1) is 9.46. The lowest BCUT2D eigenvalue weighted by Crippen LogP contribution is -2.19. The molecule has 0 fully saturated rings. The maximum absolute atomic E-state index is 11.7. The van der Waals surface area contributed by atoms with E-state index in [0.29, 0.717) is 0 Å². The van der Waals surface area contributed by atoms with Crippen molar-refractivity contribution in [1.29, 1.82) is 5.26 Å². The van der Waals surface area contributed by atoms with Crippen LogP contribution in [0, 0.1) is 11.3 Å². The van der Waals surface area contributed by atoms with Gasteiger partial charge in [-0.2, -0.15) is 14.9 Å². The van der Waals surface area contributed by atoms with Crippen molar-refractivity contribution in [3.63, 3.8) is 0 Å². The lowest BCUT2D eigenvalue weighted by molar-refractivity contribution is 0.598. The van der Waals surface area contributed by atoms with E-state index >= 15 is 0 Å². The highest BCUT2D eigenvalue weighted by Gasteiger charge is 2.12. The molecule has 0 aliphatic carbocycles. The van der Waals surface area contributed by atoms with Gasteiger partial charge in [0, 0.05) is 11.5 Å². The highest BCUT2D eigenvalue weighted by atomic mass is 32.2. The molecule has 2 heterocycles. The second kappa shape index (κ2) is 5.64. The number of fused-ring (bicyclic) bond motifs is 1. The van der Waals surface area contributed by atoms with E-state index in [0.717, 1.165) is 16.3 Å². The van der Waals surface area contributed by atoms with Crippen LogP contribution in [0.4, 0.5) is 0 Å². The first-order valence-electron chi connectivity index (χ1n) is 5.68. The Hall–Kier alpha value is -1.86. The second-order valence-electron chi connectivity index (χ2n) is 3.84. The number of H-pyrrole nitrogens is 1. The van der Waals surface area contributed by atoms with Crippen LogP contribution in [0.25, 0.3) is 5.65 Å². The number of aromatic nitrogens is 4. The number of nitrogens with zero attached hydrogens (tertiary/aromatic N) is 4. The summed E-state index contributed by atoms with van der Waals surface area (Å²) in [6.45, 7) is 1.58. The molecular formula is C10H11N5O3S2. The van der Waals surface area contributed by atoms with Gasteiger partial charge >= 0.3 is 5.69 Å². The molecule has 0 bridgehead atoms. The molecule has 106 valence electrons. The second-order valence-corrected chi connectivity index (χ2v) is 7.39. The molecule has 20 heavy (non-hydrogen) atoms. The van der Waals surface area contributed by atoms with Gasteiger partial charge in [-0.25, -0.2) is 18.2 Å². The molecular weight excluding hydrogens is 302 g/mol. The Balaban J connectivity index is 2.24. The number of hydrogen-bond acceptors (Lipinski definition) is 7. The van der Waals surface area contributed by atoms with Crippen LogP contribution in [0.3, 0.4) is 0 Å². The summed E-state index contributed by atoms with van der Waals surface area (Å²) in [5.41, 5.74) is -0.159. The fraction of sp³-hybridized carbons (Fsp3) is 0.400. The summed E-state index contributed by atoms with van der Waals surface area (Å²) in [6.07, 6.45) is 1.26. The summed E-state index contributed by atoms with van der Waals surface area (Å²) < 4.78 is 23.7. The topological polar surface area (TPSA) is 121 Å². The van der Waals surface area contributed by atoms with Gasteiger partial charge in [0.1, 0.15) is 11.6 Å². The zero-order chi connectivity index (χ0) is 14.8. The summed E-state index contributed by atoms with van der Waals surface area (Å²) >= 11 is 1.12. The molecule has 0 aliphatic heterocycles. The summed E-state index contributed by atoms with van der Waals surface area (Å²) in [5, 5.41) is 12.9. The van der Waals surface area contributed by atoms with Crippen molar-refractivity contribution in [1.82, 2.24) is 19.6 Å². The van der Waals surface area contributed by atoms with E-state index in [9.17, 15) is 13.2 Å². The number of sulfone groups is 1. The number of nitrogens with one attached hydrogen (secondary N) is 1. The third-order valence-corrected chi connectivity index (χ3v) is 5.39. The number of rotatable bonds is 5. The van der Waals surface area contributed by atoms with Gasteiger partial charge in [-0.1, -0.05) is 18.7 Å². The standard InChI is InChI=1S/C10H11N5O3S2/c1-2-20(17,18)4-3-19-9-13-8-7(5-11)6-12-15(8)10(16)14-9/h6H,2-4H2,1H3,(H,13,14,16). The van der Waals surface area contributed by atoms with Gasteiger partial charge in [0.25, 0.3) is 0 Å². The Morgan fingerprint density at radius 3 is 2.95 bits per heavy atom. The molecule has 0 spiro atoms. The number of nitriles is 1. The Kier molecular flexibility index (Phi) is 4.10. The molecule has 2 rings (SSSR count). The molecule has 0 amide bonds. The van der Waals surface area contributed by atoms with Crippen LogP contribution in [0.2, 0.25) is 0 Å². The Morgan fingerprint density at radius 1 is 1.55 bits per heavy atom. The minimum atomic E-state index is -3.05. The largest absolute Gasteiger partial charge is 0.350 e. The zero-order valence-electron chi connectivity index (χ0n) is 10.5. The smallest absolute Gasteiger partial charge is 0.285 e. The van der Waals surface area contributed by atoms with E-state index in [2.05, 4.69) is 15.1 Å². The molecule has 0 saturated heterocycles. The Labute approximate surface area is 118 Å². The van der Waals surface area contributed by atoms with Crippen molar-refractivity contribution >= 4 is 27.2 Å². The first kappa shape index (κ1) is 14.5. The molecule has 2 aromatic heterocycles. The molecule has 0 saturated carbocycles. The van der Waals surface area contributed by atoms with E-state index < -0.39 is 15.5 Å². The van der Waals surface area contributed by atoms with Crippen LogP contribution in [0.5, 0.6) is 0 Å². The van der Waals surface area contributed by atoms with Gasteiger partial charge in [0.05, 0.1) is 11.9 Å². The normalized spacial score (nSPS) is 11.6. The van der Waals surface area contributed by atoms with Crippen molar-refractivity contribution in [3.05, 3.63) is 22.2 Å². The van der Waals surface area contributed by atoms with Crippen LogP contribution < -0.4 is 5.69 Å². The van der Waals surface area contributed by atoms with Crippen LogP contribution in [-0.2, 0) is 9.84 Å². The summed E-state index contributed by atoms with van der Waals surface area (Å²) in [4.78, 5) is 18.3. The van der Waals surface area contributed by atoms with E-state index in [4.69, 9.17) is 5.26 Å². The van der Waals surface area contributed by atoms with Crippen LogP contribution in [0.1, 0.15) is 12.5 Å². The molecule has 0 aliphatic rings. The summed E-state index contributed by atoms with van der Waals surface area (Å²) in [5.74, 6) is 0.372. The fourth-order valence-electron chi connectivity index (χ4n) is 1.42. The van der Waals surface area contributed by atoms with Crippen molar-refractivity contribution < 1.29 is 8.42 Å². The summed E-state index contributed by atoms with van der Waals surface area (Å²) in [6, 6.07) is 1.89. The molecule has 0 radical (unpaired) electrons.